The smallest absolute Gasteiger partial charge is 0.222 e. The molecule has 0 unspecified atom stereocenters. The van der Waals surface area contributed by atoms with Crippen LogP contribution in [-0.2, 0) is 13.1 Å². The SMILES string of the molecule is CNCc1cnc(OC2CC2)c2c1CN=C2. The summed E-state index contributed by atoms with van der Waals surface area (Å²) in [6.45, 7) is 1.60. The Morgan fingerprint density at radius 2 is 2.38 bits per heavy atom. The first-order valence-electron chi connectivity index (χ1n) is 5.70. The molecule has 1 aromatic heterocycles. The van der Waals surface area contributed by atoms with E-state index in [4.69, 9.17) is 4.74 Å². The molecule has 2 aliphatic rings. The molecule has 0 amide bonds. The first-order chi connectivity index (χ1) is 7.88. The largest absolute Gasteiger partial charge is 0.474 e. The summed E-state index contributed by atoms with van der Waals surface area (Å²) in [5.74, 6) is 0.763. The van der Waals surface area contributed by atoms with Gasteiger partial charge in [-0.15, -0.1) is 0 Å². The molecule has 4 nitrogen and oxygen atoms in total. The van der Waals surface area contributed by atoms with E-state index in [9.17, 15) is 0 Å². The second-order valence-corrected chi connectivity index (χ2v) is 4.30. The predicted octanol–water partition coefficient (Wildman–Crippen LogP) is 1.27. The highest BCUT2D eigenvalue weighted by atomic mass is 16.5. The van der Waals surface area contributed by atoms with Crippen molar-refractivity contribution in [1.82, 2.24) is 10.3 Å². The fraction of sp³-hybridized carbons (Fsp3) is 0.500. The molecule has 0 aromatic carbocycles. The van der Waals surface area contributed by atoms with Gasteiger partial charge in [0.25, 0.3) is 0 Å². The molecule has 2 heterocycles. The number of hydrogen-bond donors (Lipinski definition) is 1. The van der Waals surface area contributed by atoms with Crippen molar-refractivity contribution in [2.24, 2.45) is 4.99 Å². The van der Waals surface area contributed by atoms with Gasteiger partial charge in [-0.3, -0.25) is 4.99 Å². The van der Waals surface area contributed by atoms with Crippen LogP contribution in [0.3, 0.4) is 0 Å². The molecule has 1 N–H and O–H groups in total. The van der Waals surface area contributed by atoms with E-state index >= 15 is 0 Å². The molecule has 16 heavy (non-hydrogen) atoms. The number of rotatable bonds is 4. The maximum absolute atomic E-state index is 5.78. The number of aliphatic imine (C=N–C) groups is 1. The first-order valence-corrected chi connectivity index (χ1v) is 5.70. The van der Waals surface area contributed by atoms with Crippen molar-refractivity contribution in [3.8, 4) is 5.88 Å². The summed E-state index contributed by atoms with van der Waals surface area (Å²) in [7, 11) is 1.94. The molecule has 0 atom stereocenters. The molecule has 0 spiro atoms. The normalized spacial score (nSPS) is 17.6. The van der Waals surface area contributed by atoms with Crippen molar-refractivity contribution in [1.29, 1.82) is 0 Å². The quantitative estimate of drug-likeness (QED) is 0.826. The zero-order valence-electron chi connectivity index (χ0n) is 9.36. The van der Waals surface area contributed by atoms with Crippen molar-refractivity contribution in [3.63, 3.8) is 0 Å². The lowest BCUT2D eigenvalue weighted by Crippen LogP contribution is -2.10. The van der Waals surface area contributed by atoms with Crippen molar-refractivity contribution < 1.29 is 4.74 Å². The molecule has 1 aromatic rings. The van der Waals surface area contributed by atoms with Gasteiger partial charge < -0.3 is 10.1 Å². The van der Waals surface area contributed by atoms with E-state index in [0.717, 1.165) is 37.4 Å². The highest BCUT2D eigenvalue weighted by Gasteiger charge is 2.27. The Balaban J connectivity index is 1.94. The number of pyridine rings is 1. The van der Waals surface area contributed by atoms with Gasteiger partial charge >= 0.3 is 0 Å². The van der Waals surface area contributed by atoms with Gasteiger partial charge in [0, 0.05) is 19.0 Å². The molecule has 84 valence electrons. The van der Waals surface area contributed by atoms with Crippen LogP contribution in [0.15, 0.2) is 11.2 Å². The third kappa shape index (κ3) is 1.69. The third-order valence-corrected chi connectivity index (χ3v) is 2.92. The number of aromatic nitrogens is 1. The van der Waals surface area contributed by atoms with Crippen molar-refractivity contribution >= 4 is 6.21 Å². The van der Waals surface area contributed by atoms with Gasteiger partial charge in [0.2, 0.25) is 5.88 Å². The Morgan fingerprint density at radius 3 is 3.12 bits per heavy atom. The Morgan fingerprint density at radius 1 is 1.50 bits per heavy atom. The lowest BCUT2D eigenvalue weighted by Gasteiger charge is -2.11. The van der Waals surface area contributed by atoms with Crippen LogP contribution in [0, 0.1) is 0 Å². The van der Waals surface area contributed by atoms with Crippen molar-refractivity contribution in [3.05, 3.63) is 22.9 Å². The minimum Gasteiger partial charge on any atom is -0.474 e. The van der Waals surface area contributed by atoms with E-state index in [1.54, 1.807) is 0 Å². The van der Waals surface area contributed by atoms with Crippen LogP contribution in [0.5, 0.6) is 5.88 Å². The molecule has 1 aliphatic carbocycles. The standard InChI is InChI=1S/C12H15N3O/c1-13-4-8-5-15-12(16-9-2-3-9)11-7-14-6-10(8)11/h5,7,9,13H,2-4,6H2,1H3. The molecule has 1 aliphatic heterocycles. The van der Waals surface area contributed by atoms with Gasteiger partial charge in [-0.25, -0.2) is 4.98 Å². The molecule has 0 bridgehead atoms. The lowest BCUT2D eigenvalue weighted by molar-refractivity contribution is 0.290. The van der Waals surface area contributed by atoms with Gasteiger partial charge in [0.05, 0.1) is 12.1 Å². The van der Waals surface area contributed by atoms with E-state index in [1.807, 2.05) is 19.5 Å². The number of fused-ring (bicyclic) bond motifs is 1. The Labute approximate surface area is 94.8 Å². The summed E-state index contributed by atoms with van der Waals surface area (Å²) in [4.78, 5) is 8.71. The predicted molar refractivity (Wildman–Crippen MR) is 61.9 cm³/mol. The maximum atomic E-state index is 5.78. The van der Waals surface area contributed by atoms with E-state index in [2.05, 4.69) is 15.3 Å². The van der Waals surface area contributed by atoms with Crippen LogP contribution in [0.2, 0.25) is 0 Å². The molecular formula is C12H15N3O. The van der Waals surface area contributed by atoms with Gasteiger partial charge in [-0.05, 0) is 31.0 Å². The first kappa shape index (κ1) is 9.78. The van der Waals surface area contributed by atoms with Gasteiger partial charge in [-0.2, -0.15) is 0 Å². The van der Waals surface area contributed by atoms with Crippen molar-refractivity contribution in [2.45, 2.75) is 32.0 Å². The summed E-state index contributed by atoms with van der Waals surface area (Å²) in [5.41, 5.74) is 3.57. The van der Waals surface area contributed by atoms with Crippen LogP contribution in [0.4, 0.5) is 0 Å². The molecule has 1 saturated carbocycles. The topological polar surface area (TPSA) is 46.5 Å². The number of nitrogens with zero attached hydrogens (tertiary/aromatic N) is 2. The van der Waals surface area contributed by atoms with Crippen LogP contribution < -0.4 is 10.1 Å². The Bertz CT molecular complexity index is 438. The minimum atomic E-state index is 0.390. The summed E-state index contributed by atoms with van der Waals surface area (Å²) in [6, 6.07) is 0. The van der Waals surface area contributed by atoms with Gasteiger partial charge in [0.15, 0.2) is 0 Å². The van der Waals surface area contributed by atoms with Crippen LogP contribution in [0.1, 0.15) is 29.5 Å². The van der Waals surface area contributed by atoms with E-state index in [0.29, 0.717) is 6.10 Å². The molecule has 0 radical (unpaired) electrons. The summed E-state index contributed by atoms with van der Waals surface area (Å²) < 4.78 is 5.78. The van der Waals surface area contributed by atoms with Gasteiger partial charge in [-0.1, -0.05) is 0 Å². The van der Waals surface area contributed by atoms with Crippen LogP contribution >= 0.6 is 0 Å². The van der Waals surface area contributed by atoms with Gasteiger partial charge in [0.1, 0.15) is 6.10 Å². The fourth-order valence-corrected chi connectivity index (χ4v) is 1.91. The highest BCUT2D eigenvalue weighted by Crippen LogP contribution is 2.31. The third-order valence-electron chi connectivity index (χ3n) is 2.92. The second kappa shape index (κ2) is 3.87. The summed E-state index contributed by atoms with van der Waals surface area (Å²) in [5, 5.41) is 3.15. The van der Waals surface area contributed by atoms with E-state index in [-0.39, 0.29) is 0 Å². The van der Waals surface area contributed by atoms with Crippen LogP contribution in [-0.4, -0.2) is 24.4 Å². The van der Waals surface area contributed by atoms with Crippen molar-refractivity contribution in [2.75, 3.05) is 7.05 Å². The molecule has 4 heteroatoms. The zero-order chi connectivity index (χ0) is 11.0. The number of nitrogens with one attached hydrogen (secondary N) is 1. The average molecular weight is 217 g/mol. The summed E-state index contributed by atoms with van der Waals surface area (Å²) in [6.07, 6.45) is 6.50. The average Bonchev–Trinajstić information content (AvgIpc) is 2.96. The molecule has 0 saturated heterocycles. The van der Waals surface area contributed by atoms with E-state index < -0.39 is 0 Å². The number of hydrogen-bond acceptors (Lipinski definition) is 4. The molecule has 1 fully saturated rings. The minimum absolute atomic E-state index is 0.390. The maximum Gasteiger partial charge on any atom is 0.222 e. The fourth-order valence-electron chi connectivity index (χ4n) is 1.91. The summed E-state index contributed by atoms with van der Waals surface area (Å²) >= 11 is 0. The monoisotopic (exact) mass is 217 g/mol. The number of ether oxygens (including phenoxy) is 1. The highest BCUT2D eigenvalue weighted by molar-refractivity contribution is 5.87. The van der Waals surface area contributed by atoms with Crippen LogP contribution in [0.25, 0.3) is 0 Å². The Hall–Kier alpha value is -1.42. The zero-order valence-corrected chi connectivity index (χ0v) is 9.36. The second-order valence-electron chi connectivity index (χ2n) is 4.30. The van der Waals surface area contributed by atoms with E-state index in [1.165, 1.54) is 11.1 Å². The molecular weight excluding hydrogens is 202 g/mol. The lowest BCUT2D eigenvalue weighted by atomic mass is 10.1. The Kier molecular flexibility index (Phi) is 2.36. The molecule has 3 rings (SSSR count).